The quantitative estimate of drug-likeness (QED) is 0.568. The average Bonchev–Trinajstić information content (AvgIpc) is 2.52. The molecule has 1 aliphatic heterocycles. The Kier molecular flexibility index (Phi) is 5.73. The maximum atomic E-state index is 12.4. The number of carbonyl (C=O) groups is 3. The maximum absolute atomic E-state index is 12.4. The smallest absolute Gasteiger partial charge is 0.303 e. The number of aliphatic carboxylic acids is 1. The van der Waals surface area contributed by atoms with Crippen LogP contribution in [0, 0.1) is 0 Å². The topological polar surface area (TPSA) is 92.7 Å². The van der Waals surface area contributed by atoms with Gasteiger partial charge >= 0.3 is 5.97 Å². The third kappa shape index (κ3) is 4.55. The Labute approximate surface area is 134 Å². The second-order valence-electron chi connectivity index (χ2n) is 5.62. The van der Waals surface area contributed by atoms with Crippen molar-refractivity contribution in [2.75, 3.05) is 11.9 Å². The number of benzene rings is 1. The van der Waals surface area contributed by atoms with E-state index in [1.165, 1.54) is 0 Å². The van der Waals surface area contributed by atoms with E-state index in [1.54, 1.807) is 12.1 Å². The minimum Gasteiger partial charge on any atom is -0.482 e. The van der Waals surface area contributed by atoms with E-state index in [2.05, 4.69) is 12.2 Å². The number of fused-ring (bicyclic) bond motifs is 1. The molecular weight excluding hydrogens is 298 g/mol. The first kappa shape index (κ1) is 17.0. The second kappa shape index (κ2) is 7.76. The fraction of sp³-hybridized carbons (Fsp3) is 0.471. The van der Waals surface area contributed by atoms with Crippen LogP contribution in [0.25, 0.3) is 0 Å². The molecule has 0 aliphatic carbocycles. The lowest BCUT2D eigenvalue weighted by Gasteiger charge is -2.20. The molecule has 23 heavy (non-hydrogen) atoms. The van der Waals surface area contributed by atoms with Crippen molar-refractivity contribution in [1.82, 2.24) is 0 Å². The Bertz CT molecular complexity index is 624. The summed E-state index contributed by atoms with van der Waals surface area (Å²) in [4.78, 5) is 34.4. The van der Waals surface area contributed by atoms with Crippen molar-refractivity contribution in [3.63, 3.8) is 0 Å². The Balaban J connectivity index is 2.27. The number of carboxylic acids is 1. The molecule has 6 nitrogen and oxygen atoms in total. The molecule has 0 unspecified atom stereocenters. The van der Waals surface area contributed by atoms with Crippen LogP contribution in [0.3, 0.4) is 0 Å². The Morgan fingerprint density at radius 2 is 2.04 bits per heavy atom. The molecule has 6 heteroatoms. The van der Waals surface area contributed by atoms with Gasteiger partial charge in [0.15, 0.2) is 12.4 Å². The third-order valence-corrected chi connectivity index (χ3v) is 3.75. The van der Waals surface area contributed by atoms with Crippen LogP contribution < -0.4 is 10.1 Å². The van der Waals surface area contributed by atoms with Gasteiger partial charge in [0, 0.05) is 12.0 Å². The van der Waals surface area contributed by atoms with Gasteiger partial charge in [0.2, 0.25) is 0 Å². The minimum absolute atomic E-state index is 0.0340. The van der Waals surface area contributed by atoms with Crippen molar-refractivity contribution in [1.29, 1.82) is 0 Å². The maximum Gasteiger partial charge on any atom is 0.303 e. The zero-order chi connectivity index (χ0) is 16.8. The lowest BCUT2D eigenvalue weighted by molar-refractivity contribution is -0.137. The van der Waals surface area contributed by atoms with Crippen LogP contribution in [0.15, 0.2) is 12.1 Å². The third-order valence-electron chi connectivity index (χ3n) is 3.75. The summed E-state index contributed by atoms with van der Waals surface area (Å²) in [5.74, 6) is -0.923. The molecule has 2 rings (SSSR count). The summed E-state index contributed by atoms with van der Waals surface area (Å²) in [5.41, 5.74) is 1.80. The largest absolute Gasteiger partial charge is 0.482 e. The number of nitrogens with one attached hydrogen (secondary N) is 1. The molecule has 1 aromatic carbocycles. The van der Waals surface area contributed by atoms with Crippen LogP contribution in [-0.2, 0) is 16.0 Å². The summed E-state index contributed by atoms with van der Waals surface area (Å²) in [7, 11) is 0. The first-order valence-corrected chi connectivity index (χ1v) is 7.85. The predicted octanol–water partition coefficient (Wildman–Crippen LogP) is 2.80. The van der Waals surface area contributed by atoms with Gasteiger partial charge in [-0.2, -0.15) is 0 Å². The van der Waals surface area contributed by atoms with E-state index in [1.807, 2.05) is 0 Å². The highest BCUT2D eigenvalue weighted by molar-refractivity contribution is 6.02. The molecule has 0 fully saturated rings. The number of Topliss-reactive ketones (excluding diaryl/α,β-unsaturated/α-hetero) is 1. The molecule has 0 spiro atoms. The van der Waals surface area contributed by atoms with Crippen LogP contribution in [0.5, 0.6) is 5.75 Å². The first-order chi connectivity index (χ1) is 11.0. The van der Waals surface area contributed by atoms with Gasteiger partial charge in [-0.1, -0.05) is 19.8 Å². The molecule has 0 aromatic heterocycles. The lowest BCUT2D eigenvalue weighted by Crippen LogP contribution is -2.26. The highest BCUT2D eigenvalue weighted by Crippen LogP contribution is 2.32. The summed E-state index contributed by atoms with van der Waals surface area (Å²) in [6, 6.07) is 3.40. The van der Waals surface area contributed by atoms with E-state index in [9.17, 15) is 14.4 Å². The van der Waals surface area contributed by atoms with Crippen molar-refractivity contribution < 1.29 is 24.2 Å². The highest BCUT2D eigenvalue weighted by atomic mass is 16.5. The van der Waals surface area contributed by atoms with Crippen molar-refractivity contribution in [2.45, 2.75) is 45.4 Å². The van der Waals surface area contributed by atoms with Gasteiger partial charge in [0.1, 0.15) is 5.75 Å². The van der Waals surface area contributed by atoms with Crippen LogP contribution in [-0.4, -0.2) is 29.4 Å². The average molecular weight is 319 g/mol. The predicted molar refractivity (Wildman–Crippen MR) is 85.0 cm³/mol. The van der Waals surface area contributed by atoms with Crippen molar-refractivity contribution in [2.24, 2.45) is 0 Å². The van der Waals surface area contributed by atoms with Gasteiger partial charge in [-0.25, -0.2) is 0 Å². The number of anilines is 1. The number of ether oxygens (including phenoxy) is 1. The number of hydrogen-bond donors (Lipinski definition) is 2. The molecule has 1 aliphatic rings. The molecule has 1 heterocycles. The van der Waals surface area contributed by atoms with Gasteiger partial charge in [-0.15, -0.1) is 0 Å². The van der Waals surface area contributed by atoms with E-state index in [0.717, 1.165) is 31.2 Å². The van der Waals surface area contributed by atoms with Crippen LogP contribution in [0.2, 0.25) is 0 Å². The van der Waals surface area contributed by atoms with Gasteiger partial charge < -0.3 is 15.2 Å². The number of ketones is 1. The van der Waals surface area contributed by atoms with Gasteiger partial charge in [-0.3, -0.25) is 14.4 Å². The molecule has 0 bridgehead atoms. The molecule has 0 radical (unpaired) electrons. The zero-order valence-corrected chi connectivity index (χ0v) is 13.2. The summed E-state index contributed by atoms with van der Waals surface area (Å²) >= 11 is 0. The summed E-state index contributed by atoms with van der Waals surface area (Å²) in [5, 5.41) is 11.4. The number of hydrogen-bond acceptors (Lipinski definition) is 4. The highest BCUT2D eigenvalue weighted by Gasteiger charge is 2.21. The molecule has 2 N–H and O–H groups in total. The monoisotopic (exact) mass is 319 g/mol. The fourth-order valence-corrected chi connectivity index (χ4v) is 2.56. The van der Waals surface area contributed by atoms with Crippen molar-refractivity contribution in [3.05, 3.63) is 23.3 Å². The Hall–Kier alpha value is -2.37. The zero-order valence-electron chi connectivity index (χ0n) is 13.2. The molecule has 0 saturated carbocycles. The van der Waals surface area contributed by atoms with E-state index in [-0.39, 0.29) is 31.1 Å². The lowest BCUT2D eigenvalue weighted by atomic mass is 9.95. The normalized spacial score (nSPS) is 13.0. The SMILES string of the molecule is CCCCCc1cc2c(cc1C(=O)CCC(=O)O)NC(=O)CO2. The number of aryl methyl sites for hydroxylation is 1. The van der Waals surface area contributed by atoms with E-state index in [4.69, 9.17) is 9.84 Å². The second-order valence-corrected chi connectivity index (χ2v) is 5.62. The molecule has 1 amide bonds. The minimum atomic E-state index is -1.000. The van der Waals surface area contributed by atoms with Gasteiger partial charge in [0.25, 0.3) is 5.91 Å². The standard InChI is InChI=1S/C17H21NO5/c1-2-3-4-5-11-8-15-13(18-16(20)10-23-15)9-12(11)14(19)6-7-17(21)22/h8-9H,2-7,10H2,1H3,(H,18,20)(H,21,22). The van der Waals surface area contributed by atoms with Crippen LogP contribution in [0.1, 0.15) is 54.9 Å². The molecular formula is C17H21NO5. The van der Waals surface area contributed by atoms with E-state index in [0.29, 0.717) is 17.0 Å². The Morgan fingerprint density at radius 1 is 1.26 bits per heavy atom. The fourth-order valence-electron chi connectivity index (χ4n) is 2.56. The summed E-state index contributed by atoms with van der Waals surface area (Å²) in [6.07, 6.45) is 3.54. The van der Waals surface area contributed by atoms with Crippen molar-refractivity contribution >= 4 is 23.3 Å². The van der Waals surface area contributed by atoms with Crippen LogP contribution in [0.4, 0.5) is 5.69 Å². The summed E-state index contributed by atoms with van der Waals surface area (Å²) < 4.78 is 5.40. The number of rotatable bonds is 8. The number of carboxylic acid groups (broad SMARTS) is 1. The number of amides is 1. The van der Waals surface area contributed by atoms with Crippen molar-refractivity contribution in [3.8, 4) is 5.75 Å². The van der Waals surface area contributed by atoms with Gasteiger partial charge in [-0.05, 0) is 30.5 Å². The summed E-state index contributed by atoms with van der Waals surface area (Å²) in [6.45, 7) is 2.07. The van der Waals surface area contributed by atoms with E-state index < -0.39 is 5.97 Å². The number of unbranched alkanes of at least 4 members (excludes halogenated alkanes) is 2. The van der Waals surface area contributed by atoms with Crippen LogP contribution >= 0.6 is 0 Å². The van der Waals surface area contributed by atoms with E-state index >= 15 is 0 Å². The van der Waals surface area contributed by atoms with Gasteiger partial charge in [0.05, 0.1) is 12.1 Å². The molecule has 124 valence electrons. The molecule has 0 saturated heterocycles. The number of carbonyl (C=O) groups excluding carboxylic acids is 2. The molecule has 0 atom stereocenters. The molecule has 1 aromatic rings. The first-order valence-electron chi connectivity index (χ1n) is 7.85. The Morgan fingerprint density at radius 3 is 2.74 bits per heavy atom.